The van der Waals surface area contributed by atoms with E-state index in [9.17, 15) is 14.4 Å². The monoisotopic (exact) mass is 919 g/mol. The van der Waals surface area contributed by atoms with Gasteiger partial charge in [0.05, 0.1) is 0 Å². The lowest BCUT2D eigenvalue weighted by molar-refractivity contribution is -0.167. The third-order valence-electron chi connectivity index (χ3n) is 11.6. The van der Waals surface area contributed by atoms with Crippen LogP contribution in [0.2, 0.25) is 0 Å². The molecule has 0 aromatic carbocycles. The minimum absolute atomic E-state index is 0.0871. The SMILES string of the molecule is CC/C=C\C/C=C\C/C=C\C/C=C\C/C=C\CCCCCCCC(=O)OCC(COC(=O)CCCCCCCCCCCCCC)OC(=O)CCCCCCC/C=C\C/C=C\CCCCC. The zero-order chi connectivity index (χ0) is 47.9. The first-order valence-corrected chi connectivity index (χ1v) is 27.6. The molecule has 1 unspecified atom stereocenters. The fraction of sp³-hybridized carbons (Fsp3) is 0.717. The highest BCUT2D eigenvalue weighted by Gasteiger charge is 2.19. The molecule has 0 N–H and O–H groups in total. The molecule has 0 spiro atoms. The van der Waals surface area contributed by atoms with Crippen LogP contribution in [0.5, 0.6) is 0 Å². The molecule has 0 aliphatic carbocycles. The lowest BCUT2D eigenvalue weighted by Crippen LogP contribution is -2.30. The van der Waals surface area contributed by atoms with Crippen LogP contribution >= 0.6 is 0 Å². The van der Waals surface area contributed by atoms with Gasteiger partial charge in [0.25, 0.3) is 0 Å². The van der Waals surface area contributed by atoms with Gasteiger partial charge in [-0.3, -0.25) is 14.4 Å². The number of allylic oxidation sites excluding steroid dienone is 14. The number of carbonyl (C=O) groups is 3. The number of hydrogen-bond acceptors (Lipinski definition) is 6. The van der Waals surface area contributed by atoms with E-state index in [1.54, 1.807) is 0 Å². The van der Waals surface area contributed by atoms with Crippen molar-refractivity contribution >= 4 is 17.9 Å². The van der Waals surface area contributed by atoms with E-state index < -0.39 is 6.10 Å². The zero-order valence-corrected chi connectivity index (χ0v) is 43.2. The third-order valence-corrected chi connectivity index (χ3v) is 11.6. The molecule has 0 fully saturated rings. The van der Waals surface area contributed by atoms with E-state index >= 15 is 0 Å². The fourth-order valence-corrected chi connectivity index (χ4v) is 7.50. The Bertz CT molecular complexity index is 1290. The summed E-state index contributed by atoms with van der Waals surface area (Å²) in [6.07, 6.45) is 69.9. The molecular formula is C60H102O6. The number of carbonyl (C=O) groups excluding carboxylic acids is 3. The molecule has 6 nitrogen and oxygen atoms in total. The van der Waals surface area contributed by atoms with Gasteiger partial charge in [-0.15, -0.1) is 0 Å². The number of rotatable bonds is 49. The number of hydrogen-bond donors (Lipinski definition) is 0. The first kappa shape index (κ1) is 62.6. The molecule has 6 heteroatoms. The van der Waals surface area contributed by atoms with Crippen molar-refractivity contribution < 1.29 is 28.6 Å². The van der Waals surface area contributed by atoms with Gasteiger partial charge in [-0.1, -0.05) is 228 Å². The van der Waals surface area contributed by atoms with Crippen LogP contribution in [0.25, 0.3) is 0 Å². The van der Waals surface area contributed by atoms with Crippen molar-refractivity contribution in [2.75, 3.05) is 13.2 Å². The quantitative estimate of drug-likeness (QED) is 0.0262. The molecule has 0 aliphatic heterocycles. The Labute approximate surface area is 407 Å². The summed E-state index contributed by atoms with van der Waals surface area (Å²) in [5.41, 5.74) is 0. The zero-order valence-electron chi connectivity index (χ0n) is 43.2. The Morgan fingerprint density at radius 2 is 0.591 bits per heavy atom. The molecule has 66 heavy (non-hydrogen) atoms. The highest BCUT2D eigenvalue weighted by Crippen LogP contribution is 2.15. The number of ether oxygens (including phenoxy) is 3. The van der Waals surface area contributed by atoms with Gasteiger partial charge in [-0.25, -0.2) is 0 Å². The van der Waals surface area contributed by atoms with Crippen molar-refractivity contribution in [1.82, 2.24) is 0 Å². The molecular weight excluding hydrogens is 817 g/mol. The van der Waals surface area contributed by atoms with Gasteiger partial charge in [0.15, 0.2) is 6.10 Å². The van der Waals surface area contributed by atoms with Crippen LogP contribution in [-0.2, 0) is 28.6 Å². The van der Waals surface area contributed by atoms with Gasteiger partial charge in [-0.2, -0.15) is 0 Å². The van der Waals surface area contributed by atoms with E-state index in [1.807, 2.05) is 0 Å². The largest absolute Gasteiger partial charge is 0.462 e. The van der Waals surface area contributed by atoms with Crippen LogP contribution in [0.3, 0.4) is 0 Å². The Balaban J connectivity index is 4.41. The second-order valence-electron chi connectivity index (χ2n) is 18.1. The van der Waals surface area contributed by atoms with E-state index in [0.717, 1.165) is 135 Å². The van der Waals surface area contributed by atoms with E-state index in [-0.39, 0.29) is 31.1 Å². The smallest absolute Gasteiger partial charge is 0.306 e. The van der Waals surface area contributed by atoms with Gasteiger partial charge in [-0.05, 0) is 96.3 Å². The van der Waals surface area contributed by atoms with Gasteiger partial charge in [0, 0.05) is 19.3 Å². The van der Waals surface area contributed by atoms with E-state index in [0.29, 0.717) is 19.3 Å². The minimum Gasteiger partial charge on any atom is -0.462 e. The summed E-state index contributed by atoms with van der Waals surface area (Å²) in [4.78, 5) is 38.1. The number of unbranched alkanes of at least 4 members (excludes halogenated alkanes) is 24. The van der Waals surface area contributed by atoms with Crippen LogP contribution in [0.1, 0.15) is 258 Å². The molecule has 0 saturated carbocycles. The van der Waals surface area contributed by atoms with E-state index in [2.05, 4.69) is 106 Å². The molecule has 378 valence electrons. The maximum Gasteiger partial charge on any atom is 0.306 e. The summed E-state index contributed by atoms with van der Waals surface area (Å²) in [6, 6.07) is 0. The third kappa shape index (κ3) is 51.6. The average molecular weight is 919 g/mol. The lowest BCUT2D eigenvalue weighted by Gasteiger charge is -2.18. The second-order valence-corrected chi connectivity index (χ2v) is 18.1. The Kier molecular flexibility index (Phi) is 51.4. The summed E-state index contributed by atoms with van der Waals surface area (Å²) < 4.78 is 16.8. The highest BCUT2D eigenvalue weighted by molar-refractivity contribution is 5.71. The van der Waals surface area contributed by atoms with Gasteiger partial charge >= 0.3 is 17.9 Å². The van der Waals surface area contributed by atoms with Crippen molar-refractivity contribution in [2.24, 2.45) is 0 Å². The predicted molar refractivity (Wildman–Crippen MR) is 284 cm³/mol. The Morgan fingerprint density at radius 1 is 0.318 bits per heavy atom. The van der Waals surface area contributed by atoms with Gasteiger partial charge in [0.1, 0.15) is 13.2 Å². The Hall–Kier alpha value is -3.41. The maximum absolute atomic E-state index is 12.8. The summed E-state index contributed by atoms with van der Waals surface area (Å²) >= 11 is 0. The van der Waals surface area contributed by atoms with Crippen molar-refractivity contribution in [1.29, 1.82) is 0 Å². The molecule has 0 aromatic rings. The molecule has 0 radical (unpaired) electrons. The normalized spacial score (nSPS) is 12.7. The molecule has 0 aromatic heterocycles. The van der Waals surface area contributed by atoms with Gasteiger partial charge in [0.2, 0.25) is 0 Å². The van der Waals surface area contributed by atoms with Crippen molar-refractivity contribution in [3.05, 3.63) is 85.1 Å². The van der Waals surface area contributed by atoms with Crippen LogP contribution in [0, 0.1) is 0 Å². The molecule has 0 aliphatic rings. The number of esters is 3. The first-order chi connectivity index (χ1) is 32.5. The standard InChI is InChI=1S/C60H102O6/c1-4-7-10-13-16-19-22-25-27-28-29-30-31-32-34-35-38-41-44-47-50-53-59(62)65-56-57(55-64-58(61)52-49-46-43-40-37-24-21-18-15-12-9-6-3)66-60(63)54-51-48-45-42-39-36-33-26-23-20-17-14-11-8-5-2/h7,10,16-17,19-20,25-27,29-30,32-34,57H,4-6,8-9,11-15,18,21-24,28,31,35-56H2,1-3H3/b10-7-,19-16-,20-17-,27-25-,30-29-,33-26-,34-32-. The molecule has 0 heterocycles. The van der Waals surface area contributed by atoms with Crippen molar-refractivity contribution in [2.45, 2.75) is 264 Å². The highest BCUT2D eigenvalue weighted by atomic mass is 16.6. The molecule has 1 atom stereocenters. The summed E-state index contributed by atoms with van der Waals surface area (Å²) in [5.74, 6) is -0.917. The molecule has 0 rings (SSSR count). The topological polar surface area (TPSA) is 78.9 Å². The van der Waals surface area contributed by atoms with E-state index in [1.165, 1.54) is 83.5 Å². The summed E-state index contributed by atoms with van der Waals surface area (Å²) in [5, 5.41) is 0. The predicted octanol–water partition coefficient (Wildman–Crippen LogP) is 18.4. The molecule has 0 amide bonds. The summed E-state index contributed by atoms with van der Waals surface area (Å²) in [6.45, 7) is 6.47. The molecule has 0 bridgehead atoms. The average Bonchev–Trinajstić information content (AvgIpc) is 3.31. The lowest BCUT2D eigenvalue weighted by atomic mass is 10.0. The fourth-order valence-electron chi connectivity index (χ4n) is 7.50. The van der Waals surface area contributed by atoms with E-state index in [4.69, 9.17) is 14.2 Å². The van der Waals surface area contributed by atoms with Crippen LogP contribution < -0.4 is 0 Å². The molecule has 0 saturated heterocycles. The first-order valence-electron chi connectivity index (χ1n) is 27.6. The Morgan fingerprint density at radius 3 is 0.955 bits per heavy atom. The van der Waals surface area contributed by atoms with Crippen molar-refractivity contribution in [3.63, 3.8) is 0 Å². The van der Waals surface area contributed by atoms with Gasteiger partial charge < -0.3 is 14.2 Å². The van der Waals surface area contributed by atoms with Crippen LogP contribution in [0.15, 0.2) is 85.1 Å². The van der Waals surface area contributed by atoms with Crippen LogP contribution in [0.4, 0.5) is 0 Å². The summed E-state index contributed by atoms with van der Waals surface area (Å²) in [7, 11) is 0. The van der Waals surface area contributed by atoms with Crippen molar-refractivity contribution in [3.8, 4) is 0 Å². The maximum atomic E-state index is 12.8. The minimum atomic E-state index is -0.790. The van der Waals surface area contributed by atoms with Crippen LogP contribution in [-0.4, -0.2) is 37.2 Å². The second kappa shape index (κ2) is 54.2.